The molecule has 0 aliphatic carbocycles. The molecule has 3 heterocycles. The van der Waals surface area contributed by atoms with E-state index in [2.05, 4.69) is 0 Å². The van der Waals surface area contributed by atoms with Crippen molar-refractivity contribution in [2.45, 2.75) is 23.5 Å². The largest absolute Gasteiger partial charge is 0.495 e. The summed E-state index contributed by atoms with van der Waals surface area (Å²) in [6.45, 7) is 3.46. The molecule has 0 unspecified atom stereocenters. The molecule has 3 aliphatic heterocycles. The summed E-state index contributed by atoms with van der Waals surface area (Å²) in [6, 6.07) is 10.6. The minimum absolute atomic E-state index is 0.110. The number of rotatable bonds is 8. The van der Waals surface area contributed by atoms with Gasteiger partial charge >= 0.3 is 23.9 Å². The van der Waals surface area contributed by atoms with Crippen LogP contribution in [0, 0.1) is 10.1 Å². The van der Waals surface area contributed by atoms with Crippen molar-refractivity contribution in [1.82, 2.24) is 0 Å². The lowest BCUT2D eigenvalue weighted by Crippen LogP contribution is -2.53. The van der Waals surface area contributed by atoms with Gasteiger partial charge in [0, 0.05) is 34.3 Å². The van der Waals surface area contributed by atoms with Gasteiger partial charge in [-0.1, -0.05) is 47.4 Å². The minimum atomic E-state index is -1.76. The molecule has 51 heavy (non-hydrogen) atoms. The molecule has 0 aromatic heterocycles. The smallest absolute Gasteiger partial charge is 0.345 e. The molecule has 0 saturated heterocycles. The number of carbonyl (C=O) groups is 5. The van der Waals surface area contributed by atoms with Crippen molar-refractivity contribution in [3.63, 3.8) is 0 Å². The summed E-state index contributed by atoms with van der Waals surface area (Å²) in [5.74, 6) is -3.86. The van der Waals surface area contributed by atoms with Gasteiger partial charge in [-0.05, 0) is 43.7 Å². The molecule has 0 N–H and O–H groups in total. The molecule has 2 aromatic rings. The molecule has 0 atom stereocenters. The third kappa shape index (κ3) is 6.18. The number of ether oxygens (including phenoxy) is 5. The number of nitrogens with zero attached hydrogens (tertiary/aromatic N) is 2. The van der Waals surface area contributed by atoms with Crippen molar-refractivity contribution in [2.24, 2.45) is 0 Å². The Morgan fingerprint density at radius 2 is 1.33 bits per heavy atom. The third-order valence-electron chi connectivity index (χ3n) is 8.09. The zero-order valence-electron chi connectivity index (χ0n) is 28.2. The Morgan fingerprint density at radius 3 is 1.84 bits per heavy atom. The van der Waals surface area contributed by atoms with Gasteiger partial charge < -0.3 is 23.7 Å². The maximum Gasteiger partial charge on any atom is 0.345 e. The number of nitro groups is 1. The number of fused-ring (bicyclic) bond motifs is 3. The number of para-hydroxylation sites is 1. The van der Waals surface area contributed by atoms with E-state index in [0.29, 0.717) is 27.3 Å². The lowest BCUT2D eigenvalue weighted by Gasteiger charge is -2.50. The monoisotopic (exact) mass is 754 g/mol. The summed E-state index contributed by atoms with van der Waals surface area (Å²) >= 11 is 2.52. The van der Waals surface area contributed by atoms with Crippen molar-refractivity contribution in [2.75, 3.05) is 40.4 Å². The number of carbonyl (C=O) groups excluding carboxylic acids is 5. The number of thioether (sulfide) groups is 3. The van der Waals surface area contributed by atoms with Crippen LogP contribution in [-0.2, 0) is 42.9 Å². The molecule has 5 rings (SSSR count). The van der Waals surface area contributed by atoms with E-state index in [9.17, 15) is 34.1 Å². The number of esters is 4. The van der Waals surface area contributed by atoms with Crippen LogP contribution in [0.2, 0.25) is 0 Å². The van der Waals surface area contributed by atoms with Gasteiger partial charge in [-0.25, -0.2) is 19.2 Å². The van der Waals surface area contributed by atoms with Gasteiger partial charge in [-0.3, -0.25) is 19.8 Å². The quantitative estimate of drug-likeness (QED) is 0.112. The van der Waals surface area contributed by atoms with Crippen LogP contribution in [0.4, 0.5) is 11.4 Å². The van der Waals surface area contributed by atoms with Gasteiger partial charge in [0.05, 0.1) is 57.3 Å². The first-order valence-corrected chi connectivity index (χ1v) is 17.2. The van der Waals surface area contributed by atoms with Crippen molar-refractivity contribution in [3.8, 4) is 5.75 Å². The predicted molar refractivity (Wildman–Crippen MR) is 191 cm³/mol. The van der Waals surface area contributed by atoms with Gasteiger partial charge in [0.15, 0.2) is 0 Å². The van der Waals surface area contributed by atoms with Crippen LogP contribution in [-0.4, -0.2) is 79.9 Å². The number of amides is 1. The van der Waals surface area contributed by atoms with Crippen molar-refractivity contribution < 1.29 is 52.6 Å². The zero-order valence-corrected chi connectivity index (χ0v) is 30.7. The maximum atomic E-state index is 14.4. The zero-order chi connectivity index (χ0) is 37.4. The van der Waals surface area contributed by atoms with E-state index in [0.717, 1.165) is 63.7 Å². The first-order valence-electron chi connectivity index (χ1n) is 14.8. The molecular weight excluding hydrogens is 725 g/mol. The average molecular weight is 755 g/mol. The van der Waals surface area contributed by atoms with E-state index >= 15 is 0 Å². The Morgan fingerprint density at radius 1 is 0.784 bits per heavy atom. The molecule has 0 saturated carbocycles. The van der Waals surface area contributed by atoms with Crippen LogP contribution in [0.25, 0.3) is 11.6 Å². The fourth-order valence-electron chi connectivity index (χ4n) is 5.82. The predicted octanol–water partition coefficient (Wildman–Crippen LogP) is 5.23. The number of hydrogen-bond donors (Lipinski definition) is 0. The third-order valence-corrected chi connectivity index (χ3v) is 12.7. The molecule has 266 valence electrons. The molecule has 14 nitrogen and oxygen atoms in total. The molecule has 0 radical (unpaired) electrons. The molecule has 0 bridgehead atoms. The van der Waals surface area contributed by atoms with Gasteiger partial charge in [0.25, 0.3) is 11.6 Å². The van der Waals surface area contributed by atoms with E-state index in [4.69, 9.17) is 23.7 Å². The Hall–Kier alpha value is -5.00. The van der Waals surface area contributed by atoms with Crippen LogP contribution >= 0.6 is 35.3 Å². The Labute approximate surface area is 304 Å². The molecule has 2 aromatic carbocycles. The first-order chi connectivity index (χ1) is 24.2. The summed E-state index contributed by atoms with van der Waals surface area (Å²) in [5.41, 5.74) is -0.0530. The van der Waals surface area contributed by atoms with Crippen LogP contribution in [0.1, 0.15) is 25.0 Å². The van der Waals surface area contributed by atoms with E-state index < -0.39 is 44.3 Å². The van der Waals surface area contributed by atoms with Gasteiger partial charge in [-0.2, -0.15) is 0 Å². The average Bonchev–Trinajstić information content (AvgIpc) is 3.52. The van der Waals surface area contributed by atoms with Crippen LogP contribution in [0.3, 0.4) is 0 Å². The lowest BCUT2D eigenvalue weighted by molar-refractivity contribution is -0.384. The molecular formula is C34H30N2O12S3. The van der Waals surface area contributed by atoms with E-state index in [1.165, 1.54) is 48.4 Å². The molecule has 3 aliphatic rings. The SMILES string of the molecule is COC(=O)C1=C(C(=O)OC)SC2(S1)C(C(=O)OC)=C(C(=O)OC)SC1=C2c2cccc(OC)c2N(C(=O)/C=C/c2ccc([N+](=O)[O-])cc2)C1(C)C. The summed E-state index contributed by atoms with van der Waals surface area (Å²) < 4.78 is 24.4. The second-order valence-electron chi connectivity index (χ2n) is 11.2. The van der Waals surface area contributed by atoms with Gasteiger partial charge in [0.1, 0.15) is 24.5 Å². The second-order valence-corrected chi connectivity index (χ2v) is 15.0. The van der Waals surface area contributed by atoms with Crippen LogP contribution < -0.4 is 9.64 Å². The maximum absolute atomic E-state index is 14.4. The summed E-state index contributed by atoms with van der Waals surface area (Å²) in [7, 11) is 5.96. The Kier molecular flexibility index (Phi) is 10.5. The topological polar surface area (TPSA) is 178 Å². The summed E-state index contributed by atoms with van der Waals surface area (Å²) in [4.78, 5) is 80.1. The highest BCUT2D eigenvalue weighted by Crippen LogP contribution is 2.71. The Balaban J connectivity index is 1.81. The number of non-ortho nitro benzene ring substituents is 1. The molecule has 1 spiro atoms. The van der Waals surface area contributed by atoms with Crippen LogP contribution in [0.5, 0.6) is 5.75 Å². The first kappa shape index (κ1) is 37.3. The van der Waals surface area contributed by atoms with Crippen LogP contribution in [0.15, 0.2) is 73.7 Å². The molecule has 17 heteroatoms. The number of methoxy groups -OCH3 is 5. The molecule has 1 amide bonds. The highest BCUT2D eigenvalue weighted by molar-refractivity contribution is 8.26. The standard InChI is InChI=1S/C34H30N2O12S3/c1-33(2)28-22(19-9-8-10-20(44-3)24(19)35(33)21(37)16-13-17-11-14-18(15-12-17)36(42)43)34(23(29(38)45-4)25(49-28)30(39)46-5)50-26(31(40)47-6)27(51-34)32(41)48-7/h8-16H,1-7H3/b16-13+. The fraction of sp³-hybridized carbons (Fsp3) is 0.265. The molecule has 0 fully saturated rings. The summed E-state index contributed by atoms with van der Waals surface area (Å²) in [6.07, 6.45) is 2.81. The Bertz CT molecular complexity index is 1990. The highest BCUT2D eigenvalue weighted by Gasteiger charge is 2.62. The van der Waals surface area contributed by atoms with E-state index in [-0.39, 0.29) is 31.7 Å². The van der Waals surface area contributed by atoms with E-state index in [1.807, 2.05) is 0 Å². The number of benzene rings is 2. The fourth-order valence-corrected chi connectivity index (χ4v) is 10.9. The summed E-state index contributed by atoms with van der Waals surface area (Å²) in [5, 5.41) is 11.1. The van der Waals surface area contributed by atoms with Crippen molar-refractivity contribution in [1.29, 1.82) is 0 Å². The number of hydrogen-bond acceptors (Lipinski definition) is 15. The normalized spacial score (nSPS) is 17.2. The lowest BCUT2D eigenvalue weighted by atomic mass is 9.83. The second kappa shape index (κ2) is 14.3. The van der Waals surface area contributed by atoms with Gasteiger partial charge in [0.2, 0.25) is 0 Å². The number of anilines is 1. The van der Waals surface area contributed by atoms with Crippen molar-refractivity contribution >= 4 is 88.1 Å². The minimum Gasteiger partial charge on any atom is -0.495 e. The van der Waals surface area contributed by atoms with Gasteiger partial charge in [-0.15, -0.1) is 0 Å². The highest BCUT2D eigenvalue weighted by atomic mass is 32.2. The number of nitro benzene ring substituents is 1. The van der Waals surface area contributed by atoms with Crippen molar-refractivity contribution in [3.05, 3.63) is 95.0 Å². The van der Waals surface area contributed by atoms with E-state index in [1.54, 1.807) is 32.0 Å².